The van der Waals surface area contributed by atoms with E-state index in [2.05, 4.69) is 23.6 Å². The quantitative estimate of drug-likeness (QED) is 0.176. The van der Waals surface area contributed by atoms with Gasteiger partial charge in [0.05, 0.1) is 18.2 Å². The van der Waals surface area contributed by atoms with Crippen LogP contribution in [0.3, 0.4) is 0 Å². The number of aliphatic hydroxyl groups is 1. The Morgan fingerprint density at radius 2 is 1.95 bits per heavy atom. The highest BCUT2D eigenvalue weighted by molar-refractivity contribution is 6.30. The van der Waals surface area contributed by atoms with E-state index >= 15 is 0 Å². The molecule has 0 saturated carbocycles. The van der Waals surface area contributed by atoms with E-state index < -0.39 is 28.9 Å². The Bertz CT molecular complexity index is 1320. The number of halogens is 1. The number of aryl methyl sites for hydroxylation is 1. The zero-order chi connectivity index (χ0) is 30.7. The van der Waals surface area contributed by atoms with Gasteiger partial charge >= 0.3 is 5.97 Å². The summed E-state index contributed by atoms with van der Waals surface area (Å²) in [6.45, 7) is 14.1. The molecule has 4 rings (SSSR count). The van der Waals surface area contributed by atoms with E-state index in [0.717, 1.165) is 68.7 Å². The number of Topliss-reactive ketones (excluding diaryl/α,β-unsaturated/α-hetero) is 1. The summed E-state index contributed by atoms with van der Waals surface area (Å²) < 4.78 is 12.1. The summed E-state index contributed by atoms with van der Waals surface area (Å²) in [5, 5.41) is 12.6. The first kappa shape index (κ1) is 32.1. The summed E-state index contributed by atoms with van der Waals surface area (Å²) in [5.74, 6) is -1.53. The van der Waals surface area contributed by atoms with Gasteiger partial charge in [0, 0.05) is 23.5 Å². The summed E-state index contributed by atoms with van der Waals surface area (Å²) >= 11 is 6.38. The standard InChI is InChI=1S/C35H46ClNO5/c1-7-8-9-10-11-19-37-22-34(18-12-13-26-20-28(36)15-16-29(26)34)23-41-31-17-14-27(21-30(31)37)35(40,25(3)38)24(2)32(39)42-33(4,5)6/h7,14-17,20-21,24,40H,1,8-13,18-19,22-23H2,2-6H3/t24-,34-,35+/m0/s1. The predicted octanol–water partition coefficient (Wildman–Crippen LogP) is 7.31. The molecule has 2 aliphatic rings. The molecule has 1 spiro atoms. The average molecular weight is 596 g/mol. The third-order valence-corrected chi connectivity index (χ3v) is 8.97. The minimum Gasteiger partial charge on any atom is -0.490 e. The zero-order valence-corrected chi connectivity index (χ0v) is 26.6. The van der Waals surface area contributed by atoms with Crippen LogP contribution in [0.15, 0.2) is 49.1 Å². The van der Waals surface area contributed by atoms with Crippen LogP contribution in [-0.2, 0) is 31.8 Å². The third kappa shape index (κ3) is 6.70. The lowest BCUT2D eigenvalue weighted by molar-refractivity contribution is -0.173. The molecule has 1 N–H and O–H groups in total. The van der Waals surface area contributed by atoms with E-state index in [9.17, 15) is 14.7 Å². The van der Waals surface area contributed by atoms with Gasteiger partial charge in [-0.1, -0.05) is 36.2 Å². The van der Waals surface area contributed by atoms with Gasteiger partial charge in [0.1, 0.15) is 11.4 Å². The number of hydrogen-bond acceptors (Lipinski definition) is 6. The summed E-state index contributed by atoms with van der Waals surface area (Å²) in [6, 6.07) is 11.6. The van der Waals surface area contributed by atoms with Gasteiger partial charge in [-0.2, -0.15) is 0 Å². The maximum Gasteiger partial charge on any atom is 0.312 e. The lowest BCUT2D eigenvalue weighted by atomic mass is 9.70. The molecular formula is C35H46ClNO5. The van der Waals surface area contributed by atoms with Crippen molar-refractivity contribution < 1.29 is 24.2 Å². The Hall–Kier alpha value is -2.83. The van der Waals surface area contributed by atoms with Gasteiger partial charge in [-0.3, -0.25) is 9.59 Å². The van der Waals surface area contributed by atoms with Gasteiger partial charge in [0.15, 0.2) is 11.4 Å². The molecule has 1 aliphatic heterocycles. The third-order valence-electron chi connectivity index (χ3n) is 8.74. The first-order valence-electron chi connectivity index (χ1n) is 15.2. The molecule has 0 bridgehead atoms. The highest BCUT2D eigenvalue weighted by Crippen LogP contribution is 2.46. The van der Waals surface area contributed by atoms with Crippen LogP contribution in [0.4, 0.5) is 5.69 Å². The van der Waals surface area contributed by atoms with Crippen molar-refractivity contribution in [2.24, 2.45) is 5.92 Å². The van der Waals surface area contributed by atoms with E-state index in [4.69, 9.17) is 21.1 Å². The van der Waals surface area contributed by atoms with E-state index in [-0.39, 0.29) is 5.41 Å². The van der Waals surface area contributed by atoms with Crippen LogP contribution >= 0.6 is 11.6 Å². The lowest BCUT2D eigenvalue weighted by Gasteiger charge is -2.41. The van der Waals surface area contributed by atoms with Crippen LogP contribution in [0, 0.1) is 5.92 Å². The molecule has 2 aromatic carbocycles. The zero-order valence-electron chi connectivity index (χ0n) is 25.8. The SMILES string of the molecule is C=CCCCCCN1C[C@@]2(CCCc3cc(Cl)ccc32)COc2ccc([C@](O)(C(C)=O)[C@@H](C)C(=O)OC(C)(C)C)cc21. The number of hydrogen-bond donors (Lipinski definition) is 1. The molecule has 6 nitrogen and oxygen atoms in total. The highest BCUT2D eigenvalue weighted by Gasteiger charge is 2.47. The predicted molar refractivity (Wildman–Crippen MR) is 168 cm³/mol. The summed E-state index contributed by atoms with van der Waals surface area (Å²) in [5.41, 5.74) is 0.713. The summed E-state index contributed by atoms with van der Waals surface area (Å²) in [6.07, 6.45) is 9.07. The fraction of sp³-hybridized carbons (Fsp3) is 0.543. The monoisotopic (exact) mass is 595 g/mol. The van der Waals surface area contributed by atoms with Crippen LogP contribution in [-0.4, -0.2) is 42.2 Å². The molecule has 0 fully saturated rings. The highest BCUT2D eigenvalue weighted by atomic mass is 35.5. The van der Waals surface area contributed by atoms with Crippen LogP contribution in [0.1, 0.15) is 89.8 Å². The number of rotatable bonds is 10. The molecule has 3 atom stereocenters. The van der Waals surface area contributed by atoms with Crippen LogP contribution < -0.4 is 9.64 Å². The van der Waals surface area contributed by atoms with E-state index in [1.54, 1.807) is 33.8 Å². The van der Waals surface area contributed by atoms with Crippen molar-refractivity contribution in [3.8, 4) is 5.75 Å². The number of ketones is 1. The Balaban J connectivity index is 1.75. The molecule has 2 aromatic rings. The number of carbonyl (C=O) groups excluding carboxylic acids is 2. The number of unbranched alkanes of at least 4 members (excludes halogenated alkanes) is 3. The van der Waals surface area contributed by atoms with Crippen LogP contribution in [0.5, 0.6) is 5.75 Å². The van der Waals surface area contributed by atoms with Gasteiger partial charge in [0.2, 0.25) is 0 Å². The number of anilines is 1. The maximum absolute atomic E-state index is 13.1. The number of ether oxygens (including phenoxy) is 2. The lowest BCUT2D eigenvalue weighted by Crippen LogP contribution is -2.47. The molecule has 0 unspecified atom stereocenters. The molecule has 0 aromatic heterocycles. The molecule has 0 amide bonds. The molecule has 42 heavy (non-hydrogen) atoms. The molecule has 0 radical (unpaired) electrons. The van der Waals surface area contributed by atoms with Crippen molar-refractivity contribution >= 4 is 29.0 Å². The number of fused-ring (bicyclic) bond motifs is 3. The second kappa shape index (κ2) is 12.8. The van der Waals surface area contributed by atoms with E-state index in [1.165, 1.54) is 18.1 Å². The first-order chi connectivity index (χ1) is 19.8. The van der Waals surface area contributed by atoms with Crippen molar-refractivity contribution in [2.45, 2.75) is 96.2 Å². The van der Waals surface area contributed by atoms with Crippen molar-refractivity contribution in [1.29, 1.82) is 0 Å². The summed E-state index contributed by atoms with van der Waals surface area (Å²) in [7, 11) is 0. The van der Waals surface area contributed by atoms with Crippen molar-refractivity contribution in [1.82, 2.24) is 0 Å². The van der Waals surface area contributed by atoms with Gasteiger partial charge in [0.25, 0.3) is 0 Å². The van der Waals surface area contributed by atoms with Crippen LogP contribution in [0.25, 0.3) is 0 Å². The topological polar surface area (TPSA) is 76.1 Å². The normalized spacial score (nSPS) is 20.4. The average Bonchev–Trinajstić information content (AvgIpc) is 3.08. The molecular weight excluding hydrogens is 550 g/mol. The number of nitrogens with zero attached hydrogens (tertiary/aromatic N) is 1. The fourth-order valence-electron chi connectivity index (χ4n) is 6.47. The van der Waals surface area contributed by atoms with Crippen molar-refractivity contribution in [3.63, 3.8) is 0 Å². The number of allylic oxidation sites excluding steroid dienone is 1. The van der Waals surface area contributed by atoms with Crippen molar-refractivity contribution in [2.75, 3.05) is 24.6 Å². The fourth-order valence-corrected chi connectivity index (χ4v) is 6.67. The molecule has 228 valence electrons. The molecule has 0 saturated heterocycles. The van der Waals surface area contributed by atoms with Gasteiger partial charge in [-0.25, -0.2) is 0 Å². The van der Waals surface area contributed by atoms with Crippen molar-refractivity contribution in [3.05, 3.63) is 70.8 Å². The van der Waals surface area contributed by atoms with Gasteiger partial charge < -0.3 is 19.5 Å². The van der Waals surface area contributed by atoms with E-state index in [1.807, 2.05) is 24.3 Å². The van der Waals surface area contributed by atoms with Gasteiger partial charge in [-0.15, -0.1) is 6.58 Å². The minimum absolute atomic E-state index is 0.223. The smallest absolute Gasteiger partial charge is 0.312 e. The largest absolute Gasteiger partial charge is 0.490 e. The minimum atomic E-state index is -2.05. The Morgan fingerprint density at radius 1 is 1.19 bits per heavy atom. The number of benzene rings is 2. The maximum atomic E-state index is 13.1. The second-order valence-corrected chi connectivity index (χ2v) is 13.5. The Labute approximate surface area is 256 Å². The van der Waals surface area contributed by atoms with Crippen LogP contribution in [0.2, 0.25) is 5.02 Å². The molecule has 1 aliphatic carbocycles. The molecule has 7 heteroatoms. The van der Waals surface area contributed by atoms with E-state index in [0.29, 0.717) is 17.9 Å². The second-order valence-electron chi connectivity index (χ2n) is 13.0. The first-order valence-corrected chi connectivity index (χ1v) is 15.6. The number of carbonyl (C=O) groups is 2. The summed E-state index contributed by atoms with van der Waals surface area (Å²) in [4.78, 5) is 28.5. The Kier molecular flexibility index (Phi) is 9.79. The molecule has 1 heterocycles. The number of esters is 1. The Morgan fingerprint density at radius 3 is 2.64 bits per heavy atom. The van der Waals surface area contributed by atoms with Gasteiger partial charge in [-0.05, 0) is 114 Å².